The molecule has 8 heteroatoms. The molecule has 0 aliphatic carbocycles. The number of methoxy groups -OCH3 is 1. The second-order valence-electron chi connectivity index (χ2n) is 5.10. The summed E-state index contributed by atoms with van der Waals surface area (Å²) in [6.07, 6.45) is 1.63. The van der Waals surface area contributed by atoms with E-state index in [0.29, 0.717) is 0 Å². The van der Waals surface area contributed by atoms with Crippen LogP contribution >= 0.6 is 50.4 Å². The number of ether oxygens (including phenoxy) is 1. The van der Waals surface area contributed by atoms with Crippen molar-refractivity contribution >= 4 is 60.6 Å². The Labute approximate surface area is 165 Å². The highest BCUT2D eigenvalue weighted by Crippen LogP contribution is 2.36. The zero-order chi connectivity index (χ0) is 17.2. The molecule has 0 amide bonds. The molecule has 0 unspecified atom stereocenters. The lowest BCUT2D eigenvalue weighted by Gasteiger charge is -2.06. The van der Waals surface area contributed by atoms with Gasteiger partial charge in [-0.25, -0.2) is 15.0 Å². The largest absolute Gasteiger partial charge is 0.496 e. The van der Waals surface area contributed by atoms with E-state index in [9.17, 15) is 0 Å². The van der Waals surface area contributed by atoms with Crippen molar-refractivity contribution in [1.82, 2.24) is 15.0 Å². The minimum Gasteiger partial charge on any atom is -0.496 e. The second kappa shape index (κ2) is 7.41. The Hall–Kier alpha value is -1.48. The standard InChI is InChI=1S/C17H12BrN3OS3/c1-22-14-3-2-10(18)6-13(14)17-21-11(8-25-17)7-24-16-12-4-5-23-15(12)19-9-20-16/h2-6,8-9H,7H2,1H3. The monoisotopic (exact) mass is 449 g/mol. The fraction of sp³-hybridized carbons (Fsp3) is 0.118. The first-order valence-electron chi connectivity index (χ1n) is 7.34. The zero-order valence-electron chi connectivity index (χ0n) is 13.1. The average molecular weight is 450 g/mol. The van der Waals surface area contributed by atoms with Gasteiger partial charge in [0.15, 0.2) is 0 Å². The minimum atomic E-state index is 0.773. The predicted molar refractivity (Wildman–Crippen MR) is 109 cm³/mol. The summed E-state index contributed by atoms with van der Waals surface area (Å²) in [4.78, 5) is 14.5. The number of hydrogen-bond donors (Lipinski definition) is 0. The number of nitrogens with zero attached hydrogens (tertiary/aromatic N) is 3. The molecule has 0 saturated carbocycles. The minimum absolute atomic E-state index is 0.773. The lowest BCUT2D eigenvalue weighted by Crippen LogP contribution is -1.89. The fourth-order valence-electron chi connectivity index (χ4n) is 2.37. The van der Waals surface area contributed by atoms with Crippen LogP contribution in [0.15, 0.2) is 50.9 Å². The van der Waals surface area contributed by atoms with Gasteiger partial charge in [-0.3, -0.25) is 0 Å². The number of rotatable bonds is 5. The first kappa shape index (κ1) is 17.0. The maximum atomic E-state index is 5.46. The van der Waals surface area contributed by atoms with Gasteiger partial charge in [0, 0.05) is 21.0 Å². The van der Waals surface area contributed by atoms with E-state index >= 15 is 0 Å². The average Bonchev–Trinajstić information content (AvgIpc) is 3.29. The highest BCUT2D eigenvalue weighted by atomic mass is 79.9. The highest BCUT2D eigenvalue weighted by molar-refractivity contribution is 9.10. The van der Waals surface area contributed by atoms with Gasteiger partial charge in [0.2, 0.25) is 0 Å². The molecule has 4 rings (SSSR count). The van der Waals surface area contributed by atoms with Gasteiger partial charge in [0.25, 0.3) is 0 Å². The summed E-state index contributed by atoms with van der Waals surface area (Å²) in [5.74, 6) is 1.60. The van der Waals surface area contributed by atoms with E-state index < -0.39 is 0 Å². The van der Waals surface area contributed by atoms with Crippen LogP contribution in [-0.2, 0) is 5.75 Å². The number of hydrogen-bond acceptors (Lipinski definition) is 7. The van der Waals surface area contributed by atoms with Crippen molar-refractivity contribution in [1.29, 1.82) is 0 Å². The first-order chi connectivity index (χ1) is 12.2. The number of thiophene rings is 1. The number of thiazole rings is 1. The molecule has 1 aromatic carbocycles. The quantitative estimate of drug-likeness (QED) is 0.281. The van der Waals surface area contributed by atoms with E-state index in [0.717, 1.165) is 47.5 Å². The number of fused-ring (bicyclic) bond motifs is 1. The lowest BCUT2D eigenvalue weighted by atomic mass is 10.2. The van der Waals surface area contributed by atoms with Crippen LogP contribution in [0.3, 0.4) is 0 Å². The number of aromatic nitrogens is 3. The third-order valence-corrected chi connectivity index (χ3v) is 6.80. The van der Waals surface area contributed by atoms with E-state index in [1.807, 2.05) is 23.6 Å². The van der Waals surface area contributed by atoms with E-state index in [4.69, 9.17) is 9.72 Å². The van der Waals surface area contributed by atoms with Gasteiger partial charge >= 0.3 is 0 Å². The summed E-state index contributed by atoms with van der Waals surface area (Å²) >= 11 is 8.46. The zero-order valence-corrected chi connectivity index (χ0v) is 17.1. The predicted octanol–water partition coefficient (Wildman–Crippen LogP) is 5.88. The Morgan fingerprint density at radius 3 is 3.00 bits per heavy atom. The van der Waals surface area contributed by atoms with Crippen molar-refractivity contribution in [3.8, 4) is 16.3 Å². The van der Waals surface area contributed by atoms with Crippen LogP contribution in [0.5, 0.6) is 5.75 Å². The van der Waals surface area contributed by atoms with Gasteiger partial charge in [0.1, 0.15) is 26.9 Å². The molecule has 126 valence electrons. The van der Waals surface area contributed by atoms with E-state index in [1.165, 1.54) is 0 Å². The molecule has 0 atom stereocenters. The van der Waals surface area contributed by atoms with E-state index in [2.05, 4.69) is 37.3 Å². The van der Waals surface area contributed by atoms with Crippen LogP contribution < -0.4 is 4.74 Å². The molecule has 4 nitrogen and oxygen atoms in total. The molecule has 0 saturated heterocycles. The third kappa shape index (κ3) is 3.57. The molecule has 3 heterocycles. The van der Waals surface area contributed by atoms with Crippen molar-refractivity contribution in [2.45, 2.75) is 10.8 Å². The van der Waals surface area contributed by atoms with Crippen LogP contribution in [0.1, 0.15) is 5.69 Å². The smallest absolute Gasteiger partial charge is 0.129 e. The Morgan fingerprint density at radius 1 is 1.20 bits per heavy atom. The molecular formula is C17H12BrN3OS3. The van der Waals surface area contributed by atoms with Crippen molar-refractivity contribution in [2.24, 2.45) is 0 Å². The molecule has 4 aromatic rings. The normalized spacial score (nSPS) is 11.1. The third-order valence-electron chi connectivity index (χ3n) is 3.53. The van der Waals surface area contributed by atoms with E-state index in [-0.39, 0.29) is 0 Å². The summed E-state index contributed by atoms with van der Waals surface area (Å²) in [5.41, 5.74) is 2.04. The second-order valence-corrected chi connectivity index (χ2v) is 8.73. The molecule has 25 heavy (non-hydrogen) atoms. The fourth-order valence-corrected chi connectivity index (χ4v) is 5.35. The maximum absolute atomic E-state index is 5.46. The summed E-state index contributed by atoms with van der Waals surface area (Å²) in [6, 6.07) is 8.02. The highest BCUT2D eigenvalue weighted by Gasteiger charge is 2.12. The van der Waals surface area contributed by atoms with Gasteiger partial charge in [-0.2, -0.15) is 0 Å². The Balaban J connectivity index is 1.56. The van der Waals surface area contributed by atoms with Gasteiger partial charge in [-0.15, -0.1) is 22.7 Å². The van der Waals surface area contributed by atoms with Crippen molar-refractivity contribution in [3.05, 3.63) is 51.5 Å². The number of benzene rings is 1. The van der Waals surface area contributed by atoms with Crippen molar-refractivity contribution in [3.63, 3.8) is 0 Å². The van der Waals surface area contributed by atoms with Gasteiger partial charge < -0.3 is 4.74 Å². The van der Waals surface area contributed by atoms with Crippen LogP contribution in [0.4, 0.5) is 0 Å². The van der Waals surface area contributed by atoms with Crippen molar-refractivity contribution in [2.75, 3.05) is 7.11 Å². The molecule has 0 fully saturated rings. The molecule has 3 aromatic heterocycles. The summed E-state index contributed by atoms with van der Waals surface area (Å²) in [6.45, 7) is 0. The Bertz CT molecular complexity index is 1030. The molecule has 0 aliphatic heterocycles. The van der Waals surface area contributed by atoms with Gasteiger partial charge in [-0.1, -0.05) is 27.7 Å². The van der Waals surface area contributed by atoms with Crippen LogP contribution in [-0.4, -0.2) is 22.1 Å². The molecule has 0 bridgehead atoms. The number of halogens is 1. The molecule has 0 aliphatic rings. The van der Waals surface area contributed by atoms with Crippen molar-refractivity contribution < 1.29 is 4.74 Å². The molecular weight excluding hydrogens is 438 g/mol. The van der Waals surface area contributed by atoms with Gasteiger partial charge in [0.05, 0.1) is 18.4 Å². The Morgan fingerprint density at radius 2 is 2.12 bits per heavy atom. The van der Waals surface area contributed by atoms with Crippen LogP contribution in [0, 0.1) is 0 Å². The topological polar surface area (TPSA) is 47.9 Å². The Kier molecular flexibility index (Phi) is 5.03. The lowest BCUT2D eigenvalue weighted by molar-refractivity contribution is 0.416. The SMILES string of the molecule is COc1ccc(Br)cc1-c1nc(CSc2ncnc3sccc23)cs1. The summed E-state index contributed by atoms with van der Waals surface area (Å²) in [7, 11) is 1.68. The summed E-state index contributed by atoms with van der Waals surface area (Å²) in [5, 5.41) is 7.21. The first-order valence-corrected chi connectivity index (χ1v) is 10.9. The van der Waals surface area contributed by atoms with Crippen LogP contribution in [0.25, 0.3) is 20.8 Å². The van der Waals surface area contributed by atoms with Gasteiger partial charge in [-0.05, 0) is 29.6 Å². The molecule has 0 radical (unpaired) electrons. The maximum Gasteiger partial charge on any atom is 0.129 e. The molecule has 0 spiro atoms. The number of thioether (sulfide) groups is 1. The summed E-state index contributed by atoms with van der Waals surface area (Å²) < 4.78 is 6.47. The molecule has 0 N–H and O–H groups in total. The van der Waals surface area contributed by atoms with E-state index in [1.54, 1.807) is 47.9 Å². The van der Waals surface area contributed by atoms with Crippen LogP contribution in [0.2, 0.25) is 0 Å².